The summed E-state index contributed by atoms with van der Waals surface area (Å²) in [5, 5.41) is 5.25. The van der Waals surface area contributed by atoms with Gasteiger partial charge in [0.05, 0.1) is 12.5 Å². The van der Waals surface area contributed by atoms with Gasteiger partial charge in [0.25, 0.3) is 5.91 Å². The van der Waals surface area contributed by atoms with E-state index in [9.17, 15) is 9.59 Å². The van der Waals surface area contributed by atoms with Crippen LogP contribution in [-0.4, -0.2) is 36.9 Å². The highest BCUT2D eigenvalue weighted by Gasteiger charge is 2.20. The number of methoxy groups -OCH3 is 1. The molecule has 0 spiro atoms. The summed E-state index contributed by atoms with van der Waals surface area (Å²) in [5.74, 6) is 0.373. The Labute approximate surface area is 136 Å². The van der Waals surface area contributed by atoms with Crippen molar-refractivity contribution in [2.75, 3.05) is 13.7 Å². The molecule has 1 rings (SSSR count). The van der Waals surface area contributed by atoms with Gasteiger partial charge in [-0.3, -0.25) is 9.59 Å². The number of amides is 2. The van der Waals surface area contributed by atoms with Gasteiger partial charge in [-0.05, 0) is 30.7 Å². The fourth-order valence-electron chi connectivity index (χ4n) is 2.09. The predicted molar refractivity (Wildman–Crippen MR) is 87.5 cm³/mol. The molecule has 2 N–H and O–H groups in total. The number of halogens is 1. The van der Waals surface area contributed by atoms with E-state index < -0.39 is 0 Å². The molecular weight excluding hydrogens is 304 g/mol. The van der Waals surface area contributed by atoms with Crippen LogP contribution in [0.4, 0.5) is 0 Å². The Kier molecular flexibility index (Phi) is 7.74. The highest BCUT2D eigenvalue weighted by atomic mass is 35.5. The Balaban J connectivity index is 2.54. The second kappa shape index (κ2) is 9.30. The van der Waals surface area contributed by atoms with Crippen LogP contribution in [0.15, 0.2) is 24.3 Å². The van der Waals surface area contributed by atoms with Crippen LogP contribution in [0.1, 0.15) is 37.0 Å². The number of alkyl halides is 1. The molecule has 0 unspecified atom stereocenters. The van der Waals surface area contributed by atoms with Crippen molar-refractivity contribution in [3.8, 4) is 5.75 Å². The van der Waals surface area contributed by atoms with Crippen molar-refractivity contribution >= 4 is 23.4 Å². The largest absolute Gasteiger partial charge is 0.497 e. The van der Waals surface area contributed by atoms with Gasteiger partial charge in [-0.15, -0.1) is 11.6 Å². The maximum absolute atomic E-state index is 12.1. The second-order valence-electron chi connectivity index (χ2n) is 5.05. The second-order valence-corrected chi connectivity index (χ2v) is 5.61. The Morgan fingerprint density at radius 3 is 2.41 bits per heavy atom. The van der Waals surface area contributed by atoms with Crippen LogP contribution < -0.4 is 15.4 Å². The molecule has 0 saturated heterocycles. The van der Waals surface area contributed by atoms with Gasteiger partial charge >= 0.3 is 0 Å². The third-order valence-electron chi connectivity index (χ3n) is 3.23. The number of carbonyl (C=O) groups is 2. The molecule has 2 atom stereocenters. The summed E-state index contributed by atoms with van der Waals surface area (Å²) in [6, 6.07) is 6.68. The first-order valence-corrected chi connectivity index (χ1v) is 7.75. The molecule has 22 heavy (non-hydrogen) atoms. The minimum absolute atomic E-state index is 0.120. The summed E-state index contributed by atoms with van der Waals surface area (Å²) in [4.78, 5) is 23.2. The standard InChI is InChI=1S/C16H23ClN2O3/c1-4-5-15(19-11(2)20)14(17)10-18-16(21)12-6-8-13(22-3)9-7-12/h6-9,14-15H,4-5,10H2,1-3H3,(H,18,21)(H,19,20)/t14-,15-/m1/s1. The number of nitrogens with one attached hydrogen (secondary N) is 2. The zero-order valence-corrected chi connectivity index (χ0v) is 13.9. The molecule has 1 aromatic carbocycles. The smallest absolute Gasteiger partial charge is 0.251 e. The average molecular weight is 327 g/mol. The fourth-order valence-corrected chi connectivity index (χ4v) is 2.36. The van der Waals surface area contributed by atoms with Crippen molar-refractivity contribution in [2.24, 2.45) is 0 Å². The Morgan fingerprint density at radius 2 is 1.91 bits per heavy atom. The lowest BCUT2D eigenvalue weighted by atomic mass is 10.1. The SMILES string of the molecule is CCC[C@@H](NC(C)=O)[C@H](Cl)CNC(=O)c1ccc(OC)cc1. The number of carbonyl (C=O) groups excluding carboxylic acids is 2. The third kappa shape index (κ3) is 5.93. The molecule has 5 nitrogen and oxygen atoms in total. The molecule has 6 heteroatoms. The van der Waals surface area contributed by atoms with Crippen molar-refractivity contribution < 1.29 is 14.3 Å². The number of ether oxygens (including phenoxy) is 1. The number of rotatable bonds is 8. The highest BCUT2D eigenvalue weighted by Crippen LogP contribution is 2.12. The van der Waals surface area contributed by atoms with Crippen molar-refractivity contribution in [2.45, 2.75) is 38.1 Å². The molecule has 0 aliphatic heterocycles. The zero-order chi connectivity index (χ0) is 16.5. The molecule has 0 radical (unpaired) electrons. The first kappa shape index (κ1) is 18.3. The third-order valence-corrected chi connectivity index (χ3v) is 3.69. The van der Waals surface area contributed by atoms with E-state index in [4.69, 9.17) is 16.3 Å². The van der Waals surface area contributed by atoms with Gasteiger partial charge < -0.3 is 15.4 Å². The van der Waals surface area contributed by atoms with E-state index in [1.54, 1.807) is 31.4 Å². The molecule has 0 fully saturated rings. The average Bonchev–Trinajstić information content (AvgIpc) is 2.51. The van der Waals surface area contributed by atoms with E-state index in [1.807, 2.05) is 6.92 Å². The van der Waals surface area contributed by atoms with Crippen molar-refractivity contribution in [1.29, 1.82) is 0 Å². The van der Waals surface area contributed by atoms with Crippen molar-refractivity contribution in [1.82, 2.24) is 10.6 Å². The molecule has 0 saturated carbocycles. The highest BCUT2D eigenvalue weighted by molar-refractivity contribution is 6.21. The van der Waals surface area contributed by atoms with Gasteiger partial charge in [0.15, 0.2) is 0 Å². The molecule has 0 bridgehead atoms. The van der Waals surface area contributed by atoms with Gasteiger partial charge in [-0.25, -0.2) is 0 Å². The van der Waals surface area contributed by atoms with Crippen LogP contribution in [0.25, 0.3) is 0 Å². The lowest BCUT2D eigenvalue weighted by Gasteiger charge is -2.23. The summed E-state index contributed by atoms with van der Waals surface area (Å²) in [7, 11) is 1.57. The summed E-state index contributed by atoms with van der Waals surface area (Å²) in [5.41, 5.74) is 0.538. The Morgan fingerprint density at radius 1 is 1.27 bits per heavy atom. The van der Waals surface area contributed by atoms with E-state index in [0.717, 1.165) is 12.8 Å². The molecular formula is C16H23ClN2O3. The normalized spacial score (nSPS) is 13.1. The molecule has 0 aromatic heterocycles. The first-order chi connectivity index (χ1) is 10.5. The van der Waals surface area contributed by atoms with Gasteiger partial charge in [-0.2, -0.15) is 0 Å². The summed E-state index contributed by atoms with van der Waals surface area (Å²) in [6.45, 7) is 3.77. The van der Waals surface area contributed by atoms with E-state index in [2.05, 4.69) is 10.6 Å². The Hall–Kier alpha value is -1.75. The fraction of sp³-hybridized carbons (Fsp3) is 0.500. The van der Waals surface area contributed by atoms with Crippen LogP contribution >= 0.6 is 11.6 Å². The van der Waals surface area contributed by atoms with Crippen LogP contribution in [-0.2, 0) is 4.79 Å². The van der Waals surface area contributed by atoms with Crippen LogP contribution in [0, 0.1) is 0 Å². The van der Waals surface area contributed by atoms with E-state index in [1.165, 1.54) is 6.92 Å². The maximum atomic E-state index is 12.1. The lowest BCUT2D eigenvalue weighted by molar-refractivity contribution is -0.119. The minimum Gasteiger partial charge on any atom is -0.497 e. The van der Waals surface area contributed by atoms with Gasteiger partial charge in [0, 0.05) is 25.1 Å². The zero-order valence-electron chi connectivity index (χ0n) is 13.2. The number of benzene rings is 1. The summed E-state index contributed by atoms with van der Waals surface area (Å²) in [6.07, 6.45) is 1.67. The minimum atomic E-state index is -0.356. The predicted octanol–water partition coefficient (Wildman–Crippen LogP) is 2.34. The Bertz CT molecular complexity index is 491. The van der Waals surface area contributed by atoms with Gasteiger partial charge in [0.2, 0.25) is 5.91 Å². The molecule has 1 aromatic rings. The van der Waals surface area contributed by atoms with Gasteiger partial charge in [-0.1, -0.05) is 13.3 Å². The van der Waals surface area contributed by atoms with E-state index >= 15 is 0 Å². The molecule has 122 valence electrons. The number of hydrogen-bond donors (Lipinski definition) is 2. The first-order valence-electron chi connectivity index (χ1n) is 7.31. The van der Waals surface area contributed by atoms with Crippen LogP contribution in [0.5, 0.6) is 5.75 Å². The van der Waals surface area contributed by atoms with E-state index in [0.29, 0.717) is 11.3 Å². The van der Waals surface area contributed by atoms with Crippen LogP contribution in [0.3, 0.4) is 0 Å². The molecule has 0 heterocycles. The number of hydrogen-bond acceptors (Lipinski definition) is 3. The maximum Gasteiger partial charge on any atom is 0.251 e. The molecule has 0 aliphatic rings. The lowest BCUT2D eigenvalue weighted by Crippen LogP contribution is -2.45. The quantitative estimate of drug-likeness (QED) is 0.720. The molecule has 0 aliphatic carbocycles. The van der Waals surface area contributed by atoms with Crippen LogP contribution in [0.2, 0.25) is 0 Å². The summed E-state index contributed by atoms with van der Waals surface area (Å²) >= 11 is 6.30. The molecule has 2 amide bonds. The van der Waals surface area contributed by atoms with E-state index in [-0.39, 0.29) is 29.8 Å². The van der Waals surface area contributed by atoms with Crippen molar-refractivity contribution in [3.05, 3.63) is 29.8 Å². The topological polar surface area (TPSA) is 67.4 Å². The summed E-state index contributed by atoms with van der Waals surface area (Å²) < 4.78 is 5.05. The van der Waals surface area contributed by atoms with Gasteiger partial charge in [0.1, 0.15) is 5.75 Å². The van der Waals surface area contributed by atoms with Crippen molar-refractivity contribution in [3.63, 3.8) is 0 Å². The monoisotopic (exact) mass is 326 g/mol.